The maximum atomic E-state index is 12.7. The van der Waals surface area contributed by atoms with Gasteiger partial charge in [0, 0.05) is 10.6 Å². The van der Waals surface area contributed by atoms with Crippen LogP contribution >= 0.6 is 22.9 Å². The smallest absolute Gasteiger partial charge is 0.230 e. The summed E-state index contributed by atoms with van der Waals surface area (Å²) in [6.45, 7) is 1.60. The molecule has 4 aromatic rings. The molecule has 0 radical (unpaired) electrons. The van der Waals surface area contributed by atoms with Crippen molar-refractivity contribution in [2.45, 2.75) is 18.2 Å². The molecule has 0 aliphatic carbocycles. The first-order chi connectivity index (χ1) is 16.3. The minimum absolute atomic E-state index is 0.0288. The van der Waals surface area contributed by atoms with Crippen molar-refractivity contribution in [1.82, 2.24) is 4.98 Å². The van der Waals surface area contributed by atoms with Crippen LogP contribution < -0.4 is 10.1 Å². The number of thiazole rings is 1. The Morgan fingerprint density at radius 3 is 2.32 bits per heavy atom. The summed E-state index contributed by atoms with van der Waals surface area (Å²) in [7, 11) is -3.28. The molecule has 1 N–H and O–H groups in total. The van der Waals surface area contributed by atoms with E-state index in [0.717, 1.165) is 5.56 Å². The molecule has 174 valence electrons. The lowest BCUT2D eigenvalue weighted by molar-refractivity contribution is -0.115. The van der Waals surface area contributed by atoms with E-state index in [4.69, 9.17) is 16.3 Å². The van der Waals surface area contributed by atoms with Gasteiger partial charge in [0.1, 0.15) is 11.4 Å². The Kier molecular flexibility index (Phi) is 7.31. The Bertz CT molecular complexity index is 1390. The molecule has 34 heavy (non-hydrogen) atoms. The van der Waals surface area contributed by atoms with Gasteiger partial charge in [-0.2, -0.15) is 0 Å². The van der Waals surface area contributed by atoms with Gasteiger partial charge in [-0.1, -0.05) is 72.3 Å². The van der Waals surface area contributed by atoms with E-state index in [0.29, 0.717) is 32.2 Å². The van der Waals surface area contributed by atoms with Gasteiger partial charge in [-0.05, 0) is 42.0 Å². The van der Waals surface area contributed by atoms with Gasteiger partial charge in [0.15, 0.2) is 15.0 Å². The topological polar surface area (TPSA) is 85.4 Å². The Balaban J connectivity index is 1.53. The zero-order chi connectivity index (χ0) is 24.1. The largest absolute Gasteiger partial charge is 0.444 e. The van der Waals surface area contributed by atoms with E-state index in [-0.39, 0.29) is 23.0 Å². The number of amides is 1. The molecule has 0 fully saturated rings. The maximum Gasteiger partial charge on any atom is 0.230 e. The van der Waals surface area contributed by atoms with Gasteiger partial charge in [0.25, 0.3) is 0 Å². The van der Waals surface area contributed by atoms with Crippen LogP contribution in [0.25, 0.3) is 11.3 Å². The lowest BCUT2D eigenvalue weighted by Gasteiger charge is -2.05. The minimum atomic E-state index is -3.28. The van der Waals surface area contributed by atoms with E-state index in [9.17, 15) is 13.2 Å². The van der Waals surface area contributed by atoms with E-state index in [2.05, 4.69) is 10.3 Å². The highest BCUT2D eigenvalue weighted by molar-refractivity contribution is 7.91. The fourth-order valence-electron chi connectivity index (χ4n) is 3.15. The predicted molar refractivity (Wildman–Crippen MR) is 136 cm³/mol. The summed E-state index contributed by atoms with van der Waals surface area (Å²) in [4.78, 5) is 17.5. The number of hydrogen-bond donors (Lipinski definition) is 1. The average molecular weight is 513 g/mol. The molecule has 1 heterocycles. The minimum Gasteiger partial charge on any atom is -0.444 e. The SMILES string of the molecule is CCS(=O)(=O)c1ccc(CC(=O)Nc2nc(-c3ccccc3)c(Oc3ccc(Cl)cc3)s2)cc1. The van der Waals surface area contributed by atoms with Crippen LogP contribution in [-0.2, 0) is 21.1 Å². The molecular formula is C25H21ClN2O4S2. The van der Waals surface area contributed by atoms with Gasteiger partial charge in [-0.3, -0.25) is 4.79 Å². The number of anilines is 1. The van der Waals surface area contributed by atoms with Crippen LogP contribution in [-0.4, -0.2) is 25.1 Å². The summed E-state index contributed by atoms with van der Waals surface area (Å²) in [6.07, 6.45) is 0.0834. The molecule has 0 spiro atoms. The van der Waals surface area contributed by atoms with Crippen LogP contribution in [0.5, 0.6) is 10.8 Å². The van der Waals surface area contributed by atoms with Crippen molar-refractivity contribution in [3.05, 3.63) is 89.4 Å². The zero-order valence-electron chi connectivity index (χ0n) is 18.2. The number of ether oxygens (including phenoxy) is 1. The van der Waals surface area contributed by atoms with Crippen LogP contribution in [0.1, 0.15) is 12.5 Å². The summed E-state index contributed by atoms with van der Waals surface area (Å²) in [5, 5.41) is 4.37. The highest BCUT2D eigenvalue weighted by atomic mass is 35.5. The van der Waals surface area contributed by atoms with Crippen LogP contribution in [0.3, 0.4) is 0 Å². The van der Waals surface area contributed by atoms with E-state index < -0.39 is 9.84 Å². The highest BCUT2D eigenvalue weighted by Gasteiger charge is 2.18. The Labute approximate surface area is 207 Å². The van der Waals surface area contributed by atoms with Crippen molar-refractivity contribution < 1.29 is 17.9 Å². The van der Waals surface area contributed by atoms with Crippen molar-refractivity contribution >= 4 is 43.8 Å². The van der Waals surface area contributed by atoms with Gasteiger partial charge in [0.2, 0.25) is 11.0 Å². The molecule has 0 aliphatic rings. The summed E-state index contributed by atoms with van der Waals surface area (Å²) in [6, 6.07) is 22.9. The fraction of sp³-hybridized carbons (Fsp3) is 0.120. The monoisotopic (exact) mass is 512 g/mol. The van der Waals surface area contributed by atoms with E-state index in [1.807, 2.05) is 30.3 Å². The summed E-state index contributed by atoms with van der Waals surface area (Å²) < 4.78 is 30.0. The number of benzene rings is 3. The highest BCUT2D eigenvalue weighted by Crippen LogP contribution is 2.40. The molecule has 0 atom stereocenters. The summed E-state index contributed by atoms with van der Waals surface area (Å²) in [5.41, 5.74) is 2.17. The second-order valence-electron chi connectivity index (χ2n) is 7.35. The molecule has 0 saturated carbocycles. The van der Waals surface area contributed by atoms with Gasteiger partial charge >= 0.3 is 0 Å². The van der Waals surface area contributed by atoms with Crippen molar-refractivity contribution in [3.63, 3.8) is 0 Å². The molecule has 3 aromatic carbocycles. The zero-order valence-corrected chi connectivity index (χ0v) is 20.6. The number of carbonyl (C=O) groups is 1. The number of rotatable bonds is 8. The van der Waals surface area contributed by atoms with E-state index in [1.54, 1.807) is 43.3 Å². The first-order valence-corrected chi connectivity index (χ1v) is 13.3. The van der Waals surface area contributed by atoms with Gasteiger partial charge < -0.3 is 10.1 Å². The third kappa shape index (κ3) is 5.83. The maximum absolute atomic E-state index is 12.7. The van der Waals surface area contributed by atoms with Crippen LogP contribution in [0.4, 0.5) is 5.13 Å². The van der Waals surface area contributed by atoms with Crippen molar-refractivity contribution in [2.75, 3.05) is 11.1 Å². The van der Waals surface area contributed by atoms with E-state index in [1.165, 1.54) is 23.5 Å². The second kappa shape index (κ2) is 10.4. The number of nitrogens with one attached hydrogen (secondary N) is 1. The predicted octanol–water partition coefficient (Wildman–Crippen LogP) is 6.23. The number of hydrogen-bond acceptors (Lipinski definition) is 6. The first kappa shape index (κ1) is 23.9. The van der Waals surface area contributed by atoms with Gasteiger partial charge in [-0.15, -0.1) is 0 Å². The van der Waals surface area contributed by atoms with Gasteiger partial charge in [0.05, 0.1) is 17.1 Å². The van der Waals surface area contributed by atoms with Crippen molar-refractivity contribution in [2.24, 2.45) is 0 Å². The number of nitrogens with zero attached hydrogens (tertiary/aromatic N) is 1. The van der Waals surface area contributed by atoms with Crippen LogP contribution in [0.15, 0.2) is 83.8 Å². The lowest BCUT2D eigenvalue weighted by atomic mass is 10.1. The average Bonchev–Trinajstić information content (AvgIpc) is 3.23. The molecule has 1 amide bonds. The molecule has 0 saturated heterocycles. The van der Waals surface area contributed by atoms with Gasteiger partial charge in [-0.25, -0.2) is 13.4 Å². The third-order valence-corrected chi connectivity index (χ3v) is 7.79. The molecule has 9 heteroatoms. The van der Waals surface area contributed by atoms with Crippen molar-refractivity contribution in [3.8, 4) is 22.1 Å². The Hall–Kier alpha value is -3.20. The number of halogens is 1. The summed E-state index contributed by atoms with van der Waals surface area (Å²) >= 11 is 7.19. The third-order valence-electron chi connectivity index (χ3n) is 4.94. The quantitative estimate of drug-likeness (QED) is 0.302. The molecular weight excluding hydrogens is 492 g/mol. The molecule has 1 aromatic heterocycles. The summed E-state index contributed by atoms with van der Waals surface area (Å²) in [5.74, 6) is 0.365. The second-order valence-corrected chi connectivity index (χ2v) is 11.0. The van der Waals surface area contributed by atoms with Crippen LogP contribution in [0, 0.1) is 0 Å². The Morgan fingerprint density at radius 2 is 1.68 bits per heavy atom. The molecule has 0 bridgehead atoms. The lowest BCUT2D eigenvalue weighted by Crippen LogP contribution is -2.14. The van der Waals surface area contributed by atoms with Crippen molar-refractivity contribution in [1.29, 1.82) is 0 Å². The Morgan fingerprint density at radius 1 is 1.00 bits per heavy atom. The number of sulfone groups is 1. The molecule has 6 nitrogen and oxygen atoms in total. The number of carbonyl (C=O) groups excluding carboxylic acids is 1. The van der Waals surface area contributed by atoms with Crippen LogP contribution in [0.2, 0.25) is 5.02 Å². The first-order valence-electron chi connectivity index (χ1n) is 10.5. The molecule has 0 aliphatic heterocycles. The fourth-order valence-corrected chi connectivity index (χ4v) is 5.03. The molecule has 4 rings (SSSR count). The van der Waals surface area contributed by atoms with E-state index >= 15 is 0 Å². The normalized spacial score (nSPS) is 11.2. The number of aromatic nitrogens is 1. The standard InChI is InChI=1S/C25H21ClN2O4S2/c1-2-34(30,31)21-14-8-17(9-15-21)16-22(29)27-25-28-23(18-6-4-3-5-7-18)24(33-25)32-20-12-10-19(26)11-13-20/h3-15H,2,16H2,1H3,(H,27,28,29). The molecule has 0 unspecified atom stereocenters.